The summed E-state index contributed by atoms with van der Waals surface area (Å²) in [5.74, 6) is 0.514. The maximum absolute atomic E-state index is 14.2. The van der Waals surface area contributed by atoms with E-state index in [1.165, 1.54) is 24.9 Å². The minimum absolute atomic E-state index is 0.0985. The van der Waals surface area contributed by atoms with Crippen molar-refractivity contribution in [3.63, 3.8) is 0 Å². The number of halogens is 1. The van der Waals surface area contributed by atoms with E-state index in [1.807, 2.05) is 11.5 Å². The highest BCUT2D eigenvalue weighted by molar-refractivity contribution is 7.99. The van der Waals surface area contributed by atoms with Crippen LogP contribution < -0.4 is 0 Å². The van der Waals surface area contributed by atoms with Gasteiger partial charge in [-0.1, -0.05) is 23.9 Å². The van der Waals surface area contributed by atoms with Crippen LogP contribution in [0, 0.1) is 5.82 Å². The van der Waals surface area contributed by atoms with E-state index in [-0.39, 0.29) is 22.9 Å². The van der Waals surface area contributed by atoms with Crippen molar-refractivity contribution in [3.8, 4) is 11.4 Å². The van der Waals surface area contributed by atoms with E-state index in [2.05, 4.69) is 14.9 Å². The molecule has 1 fully saturated rings. The van der Waals surface area contributed by atoms with E-state index >= 15 is 0 Å². The Balaban J connectivity index is 1.62. The Morgan fingerprint density at radius 1 is 1.30 bits per heavy atom. The predicted molar refractivity (Wildman–Crippen MR) is 98.0 cm³/mol. The van der Waals surface area contributed by atoms with Gasteiger partial charge in [-0.3, -0.25) is 4.57 Å². The molecule has 0 bridgehead atoms. The number of hydrogen-bond donors (Lipinski definition) is 0. The van der Waals surface area contributed by atoms with E-state index in [9.17, 15) is 9.18 Å². The first-order valence-corrected chi connectivity index (χ1v) is 9.51. The molecule has 0 saturated heterocycles. The normalized spacial score (nSPS) is 14.9. The maximum atomic E-state index is 14.2. The summed E-state index contributed by atoms with van der Waals surface area (Å²) < 4.78 is 26.5. The summed E-state index contributed by atoms with van der Waals surface area (Å²) in [6.45, 7) is 1.96. The molecule has 140 valence electrons. The fraction of sp³-hybridized carbons (Fsp3) is 0.316. The Morgan fingerprint density at radius 2 is 2.07 bits per heavy atom. The summed E-state index contributed by atoms with van der Waals surface area (Å²) in [6, 6.07) is 10.2. The Morgan fingerprint density at radius 3 is 2.78 bits per heavy atom. The summed E-state index contributed by atoms with van der Waals surface area (Å²) >= 11 is 1.47. The van der Waals surface area contributed by atoms with Crippen LogP contribution in [0.15, 0.2) is 46.0 Å². The fourth-order valence-corrected chi connectivity index (χ4v) is 3.84. The van der Waals surface area contributed by atoms with Crippen molar-refractivity contribution >= 4 is 17.7 Å². The van der Waals surface area contributed by atoms with Crippen molar-refractivity contribution in [2.45, 2.75) is 36.2 Å². The largest absolute Gasteiger partial charge is 0.463 e. The van der Waals surface area contributed by atoms with Gasteiger partial charge in [-0.2, -0.15) is 0 Å². The summed E-state index contributed by atoms with van der Waals surface area (Å²) in [4.78, 5) is 11.6. The van der Waals surface area contributed by atoms with Crippen LogP contribution in [0.5, 0.6) is 0 Å². The lowest BCUT2D eigenvalue weighted by atomic mass is 10.2. The van der Waals surface area contributed by atoms with Gasteiger partial charge in [0, 0.05) is 6.04 Å². The monoisotopic (exact) mass is 387 g/mol. The molecule has 2 heterocycles. The number of carbonyl (C=O) groups is 1. The van der Waals surface area contributed by atoms with Crippen LogP contribution in [0.4, 0.5) is 4.39 Å². The van der Waals surface area contributed by atoms with Crippen molar-refractivity contribution < 1.29 is 18.3 Å². The molecule has 1 aliphatic rings. The third-order valence-electron chi connectivity index (χ3n) is 4.39. The molecule has 1 aromatic carbocycles. The Bertz CT molecular complexity index is 980. The van der Waals surface area contributed by atoms with Gasteiger partial charge >= 0.3 is 5.97 Å². The number of thioether (sulfide) groups is 1. The summed E-state index contributed by atoms with van der Waals surface area (Å²) in [6.07, 6.45) is 2.04. The van der Waals surface area contributed by atoms with Crippen LogP contribution in [0.3, 0.4) is 0 Å². The van der Waals surface area contributed by atoms with E-state index in [0.29, 0.717) is 22.3 Å². The van der Waals surface area contributed by atoms with Gasteiger partial charge in [-0.05, 0) is 44.0 Å². The number of esters is 1. The Hall–Kier alpha value is -2.61. The van der Waals surface area contributed by atoms with Gasteiger partial charge in [-0.25, -0.2) is 9.18 Å². The molecule has 4 rings (SSSR count). The highest BCUT2D eigenvalue weighted by Crippen LogP contribution is 2.44. The smallest absolute Gasteiger partial charge is 0.373 e. The number of benzene rings is 1. The zero-order valence-corrected chi connectivity index (χ0v) is 15.7. The second-order valence-corrected chi connectivity index (χ2v) is 7.65. The second kappa shape index (κ2) is 7.19. The zero-order valence-electron chi connectivity index (χ0n) is 14.9. The Kier molecular flexibility index (Phi) is 4.73. The molecule has 2 aromatic heterocycles. The van der Waals surface area contributed by atoms with E-state index in [4.69, 9.17) is 4.42 Å². The van der Waals surface area contributed by atoms with Gasteiger partial charge in [0.1, 0.15) is 11.6 Å². The number of nitrogens with zero attached hydrogens (tertiary/aromatic N) is 3. The lowest BCUT2D eigenvalue weighted by molar-refractivity contribution is 0.0563. The molecule has 1 unspecified atom stereocenters. The molecule has 0 spiro atoms. The predicted octanol–water partition coefficient (Wildman–Crippen LogP) is 4.65. The van der Waals surface area contributed by atoms with Crippen molar-refractivity contribution in [2.75, 3.05) is 7.11 Å². The molecule has 0 aliphatic heterocycles. The number of aromatic nitrogens is 3. The average Bonchev–Trinajstić information content (AvgIpc) is 3.23. The van der Waals surface area contributed by atoms with Gasteiger partial charge in [0.25, 0.3) is 0 Å². The number of rotatable bonds is 6. The molecule has 0 N–H and O–H groups in total. The van der Waals surface area contributed by atoms with Crippen LogP contribution in [0.1, 0.15) is 47.4 Å². The zero-order chi connectivity index (χ0) is 19.0. The quantitative estimate of drug-likeness (QED) is 0.453. The van der Waals surface area contributed by atoms with Gasteiger partial charge in [0.05, 0.1) is 17.9 Å². The van der Waals surface area contributed by atoms with Crippen LogP contribution in [0.25, 0.3) is 11.4 Å². The first-order valence-electron chi connectivity index (χ1n) is 8.63. The molecule has 1 atom stereocenters. The Labute approximate surface area is 159 Å². The molecular formula is C19H18FN3O3S. The molecule has 27 heavy (non-hydrogen) atoms. The number of carbonyl (C=O) groups excluding carboxylic acids is 1. The minimum atomic E-state index is -0.513. The third kappa shape index (κ3) is 3.49. The van der Waals surface area contributed by atoms with E-state index in [1.54, 1.807) is 30.3 Å². The third-order valence-corrected chi connectivity index (χ3v) is 5.46. The molecular weight excluding hydrogens is 369 g/mol. The number of ether oxygens (including phenoxy) is 1. The summed E-state index contributed by atoms with van der Waals surface area (Å²) in [5, 5.41) is 9.15. The van der Waals surface area contributed by atoms with Crippen LogP contribution >= 0.6 is 11.8 Å². The van der Waals surface area contributed by atoms with Gasteiger partial charge in [-0.15, -0.1) is 10.2 Å². The number of methoxy groups -OCH3 is 1. The topological polar surface area (TPSA) is 70.2 Å². The maximum Gasteiger partial charge on any atom is 0.373 e. The van der Waals surface area contributed by atoms with Gasteiger partial charge < -0.3 is 9.15 Å². The standard InChI is InChI=1S/C19H18FN3O3S/c1-11(15-9-10-16(26-15)18(24)25-2)27-19-22-21-17(23(19)12-7-8-12)13-5-3-4-6-14(13)20/h3-6,9-12H,7-8H2,1-2H3. The molecule has 6 nitrogen and oxygen atoms in total. The lowest BCUT2D eigenvalue weighted by Gasteiger charge is -2.12. The molecule has 1 aliphatic carbocycles. The first kappa shape index (κ1) is 17.8. The van der Waals surface area contributed by atoms with Crippen molar-refractivity contribution in [1.82, 2.24) is 14.8 Å². The first-order chi connectivity index (χ1) is 13.1. The second-order valence-electron chi connectivity index (χ2n) is 6.34. The lowest BCUT2D eigenvalue weighted by Crippen LogP contribution is -2.02. The van der Waals surface area contributed by atoms with Crippen LogP contribution in [-0.4, -0.2) is 27.8 Å². The van der Waals surface area contributed by atoms with Crippen molar-refractivity contribution in [3.05, 3.63) is 53.7 Å². The van der Waals surface area contributed by atoms with Crippen LogP contribution in [-0.2, 0) is 4.74 Å². The SMILES string of the molecule is COC(=O)c1ccc(C(C)Sc2nnc(-c3ccccc3F)n2C2CC2)o1. The molecule has 0 amide bonds. The van der Waals surface area contributed by atoms with Crippen LogP contribution in [0.2, 0.25) is 0 Å². The van der Waals surface area contributed by atoms with E-state index < -0.39 is 5.97 Å². The molecule has 8 heteroatoms. The molecule has 1 saturated carbocycles. The fourth-order valence-electron chi connectivity index (χ4n) is 2.84. The van der Waals surface area contributed by atoms with Crippen molar-refractivity contribution in [2.24, 2.45) is 0 Å². The van der Waals surface area contributed by atoms with Gasteiger partial charge in [0.15, 0.2) is 11.0 Å². The highest BCUT2D eigenvalue weighted by atomic mass is 32.2. The summed E-state index contributed by atoms with van der Waals surface area (Å²) in [7, 11) is 1.31. The van der Waals surface area contributed by atoms with E-state index in [0.717, 1.165) is 12.8 Å². The van der Waals surface area contributed by atoms with Crippen molar-refractivity contribution in [1.29, 1.82) is 0 Å². The minimum Gasteiger partial charge on any atom is -0.463 e. The average molecular weight is 387 g/mol. The molecule has 3 aromatic rings. The number of furan rings is 1. The number of hydrogen-bond acceptors (Lipinski definition) is 6. The molecule has 0 radical (unpaired) electrons. The van der Waals surface area contributed by atoms with Gasteiger partial charge in [0.2, 0.25) is 5.76 Å². The highest BCUT2D eigenvalue weighted by Gasteiger charge is 2.32. The summed E-state index contributed by atoms with van der Waals surface area (Å²) in [5.41, 5.74) is 0.447.